The van der Waals surface area contributed by atoms with Crippen LogP contribution >= 0.6 is 0 Å². The molecule has 1 N–H and O–H groups in total. The van der Waals surface area contributed by atoms with Gasteiger partial charge < -0.3 is 15.0 Å². The van der Waals surface area contributed by atoms with Crippen LogP contribution in [0.25, 0.3) is 0 Å². The molecule has 0 unspecified atom stereocenters. The topological polar surface area (TPSA) is 24.5 Å². The fourth-order valence-corrected chi connectivity index (χ4v) is 2.60. The summed E-state index contributed by atoms with van der Waals surface area (Å²) in [4.78, 5) is 2.36. The van der Waals surface area contributed by atoms with Crippen molar-refractivity contribution in [1.29, 1.82) is 0 Å². The van der Waals surface area contributed by atoms with Gasteiger partial charge >= 0.3 is 0 Å². The number of nitrogens with one attached hydrogen (secondary N) is 1. The molecular weight excluding hydrogens is 267 g/mol. The Morgan fingerprint density at radius 3 is 2.81 bits per heavy atom. The number of unbranched alkanes of at least 4 members (excludes halogenated alkanes) is 1. The van der Waals surface area contributed by atoms with Crippen LogP contribution < -0.4 is 10.1 Å². The minimum absolute atomic E-state index is 0.232. The molecule has 0 amide bonds. The maximum absolute atomic E-state index is 13.4. The number of piperidine rings is 1. The lowest BCUT2D eigenvalue weighted by Gasteiger charge is -2.29. The molecule has 1 fully saturated rings. The highest BCUT2D eigenvalue weighted by Crippen LogP contribution is 2.21. The van der Waals surface area contributed by atoms with E-state index in [9.17, 15) is 4.39 Å². The Morgan fingerprint density at radius 2 is 2.10 bits per heavy atom. The molecule has 0 spiro atoms. The maximum Gasteiger partial charge on any atom is 0.126 e. The number of ether oxygens (including phenoxy) is 1. The number of hydrogen-bond acceptors (Lipinski definition) is 3. The van der Waals surface area contributed by atoms with Crippen LogP contribution in [0.3, 0.4) is 0 Å². The van der Waals surface area contributed by atoms with E-state index in [-0.39, 0.29) is 5.82 Å². The van der Waals surface area contributed by atoms with Crippen molar-refractivity contribution in [2.45, 2.75) is 45.2 Å². The number of nitrogens with zero attached hydrogens (tertiary/aromatic N) is 1. The second kappa shape index (κ2) is 8.35. The monoisotopic (exact) mass is 294 g/mol. The zero-order valence-corrected chi connectivity index (χ0v) is 13.2. The number of likely N-dealkylation sites (tertiary alicyclic amines) is 1. The molecule has 3 nitrogen and oxygen atoms in total. The first-order valence-corrected chi connectivity index (χ1v) is 8.02. The SMILES string of the molecule is CCCCOc1cc(F)ccc1CNC1CCN(C)CC1. The largest absolute Gasteiger partial charge is 0.493 e. The highest BCUT2D eigenvalue weighted by atomic mass is 19.1. The van der Waals surface area contributed by atoms with Gasteiger partial charge in [-0.2, -0.15) is 0 Å². The lowest BCUT2D eigenvalue weighted by atomic mass is 10.0. The third-order valence-electron chi connectivity index (χ3n) is 4.08. The van der Waals surface area contributed by atoms with Crippen molar-refractivity contribution < 1.29 is 9.13 Å². The van der Waals surface area contributed by atoms with Crippen LogP contribution in [0.4, 0.5) is 4.39 Å². The first-order valence-electron chi connectivity index (χ1n) is 8.02. The van der Waals surface area contributed by atoms with E-state index in [4.69, 9.17) is 4.74 Å². The molecule has 0 radical (unpaired) electrons. The van der Waals surface area contributed by atoms with Crippen molar-refractivity contribution in [2.24, 2.45) is 0 Å². The average Bonchev–Trinajstić information content (AvgIpc) is 2.48. The Bertz CT molecular complexity index is 431. The third kappa shape index (κ3) is 5.29. The molecule has 1 heterocycles. The number of rotatable bonds is 7. The molecule has 0 atom stereocenters. The fraction of sp³-hybridized carbons (Fsp3) is 0.647. The van der Waals surface area contributed by atoms with Gasteiger partial charge in [0.15, 0.2) is 0 Å². The Hall–Kier alpha value is -1.13. The Morgan fingerprint density at radius 1 is 1.33 bits per heavy atom. The summed E-state index contributed by atoms with van der Waals surface area (Å²) in [5.41, 5.74) is 1.05. The lowest BCUT2D eigenvalue weighted by molar-refractivity contribution is 0.233. The predicted octanol–water partition coefficient (Wildman–Crippen LogP) is 3.19. The van der Waals surface area contributed by atoms with E-state index >= 15 is 0 Å². The van der Waals surface area contributed by atoms with E-state index in [2.05, 4.69) is 24.2 Å². The third-order valence-corrected chi connectivity index (χ3v) is 4.08. The number of hydrogen-bond donors (Lipinski definition) is 1. The van der Waals surface area contributed by atoms with Gasteiger partial charge in [0.2, 0.25) is 0 Å². The molecule has 1 aromatic rings. The molecule has 0 saturated carbocycles. The van der Waals surface area contributed by atoms with Gasteiger partial charge in [-0.25, -0.2) is 4.39 Å². The summed E-state index contributed by atoms with van der Waals surface area (Å²) < 4.78 is 19.1. The second-order valence-corrected chi connectivity index (χ2v) is 5.91. The van der Waals surface area contributed by atoms with E-state index in [0.29, 0.717) is 18.4 Å². The summed E-state index contributed by atoms with van der Waals surface area (Å²) >= 11 is 0. The quantitative estimate of drug-likeness (QED) is 0.782. The van der Waals surface area contributed by atoms with Crippen LogP contribution in [0.15, 0.2) is 18.2 Å². The van der Waals surface area contributed by atoms with Crippen molar-refractivity contribution in [3.8, 4) is 5.75 Å². The van der Waals surface area contributed by atoms with Crippen LogP contribution in [0.1, 0.15) is 38.2 Å². The van der Waals surface area contributed by atoms with Gasteiger partial charge in [0.25, 0.3) is 0 Å². The predicted molar refractivity (Wildman–Crippen MR) is 84.2 cm³/mol. The summed E-state index contributed by atoms with van der Waals surface area (Å²) in [6.07, 6.45) is 4.42. The van der Waals surface area contributed by atoms with Gasteiger partial charge in [0.1, 0.15) is 11.6 Å². The van der Waals surface area contributed by atoms with Crippen LogP contribution in [0, 0.1) is 5.82 Å². The minimum atomic E-state index is -0.232. The molecular formula is C17H27FN2O. The summed E-state index contributed by atoms with van der Waals surface area (Å²) in [6.45, 7) is 5.80. The molecule has 1 saturated heterocycles. The van der Waals surface area contributed by atoms with Gasteiger partial charge in [-0.05, 0) is 45.5 Å². The van der Waals surface area contributed by atoms with Gasteiger partial charge in [-0.1, -0.05) is 19.4 Å². The van der Waals surface area contributed by atoms with E-state index in [1.54, 1.807) is 0 Å². The summed E-state index contributed by atoms with van der Waals surface area (Å²) in [7, 11) is 2.16. The normalized spacial score (nSPS) is 17.1. The highest BCUT2D eigenvalue weighted by molar-refractivity contribution is 5.34. The zero-order valence-electron chi connectivity index (χ0n) is 13.2. The van der Waals surface area contributed by atoms with Crippen molar-refractivity contribution >= 4 is 0 Å². The van der Waals surface area contributed by atoms with Crippen molar-refractivity contribution in [1.82, 2.24) is 10.2 Å². The van der Waals surface area contributed by atoms with Gasteiger partial charge in [0, 0.05) is 24.2 Å². The molecule has 21 heavy (non-hydrogen) atoms. The van der Waals surface area contributed by atoms with Crippen LogP contribution in [0.2, 0.25) is 0 Å². The van der Waals surface area contributed by atoms with Gasteiger partial charge in [-0.15, -0.1) is 0 Å². The highest BCUT2D eigenvalue weighted by Gasteiger charge is 2.16. The van der Waals surface area contributed by atoms with Crippen LogP contribution in [-0.2, 0) is 6.54 Å². The lowest BCUT2D eigenvalue weighted by Crippen LogP contribution is -2.40. The molecule has 4 heteroatoms. The molecule has 1 aromatic carbocycles. The molecule has 0 bridgehead atoms. The van der Waals surface area contributed by atoms with Gasteiger partial charge in [0.05, 0.1) is 6.61 Å². The number of halogens is 1. The van der Waals surface area contributed by atoms with E-state index in [1.807, 2.05) is 6.07 Å². The average molecular weight is 294 g/mol. The standard InChI is InChI=1S/C17H27FN2O/c1-3-4-11-21-17-12-15(18)6-5-14(17)13-19-16-7-9-20(2)10-8-16/h5-6,12,16,19H,3-4,7-11,13H2,1-2H3. The smallest absolute Gasteiger partial charge is 0.126 e. The maximum atomic E-state index is 13.4. The molecule has 1 aliphatic heterocycles. The van der Waals surface area contributed by atoms with Gasteiger partial charge in [-0.3, -0.25) is 0 Å². The first kappa shape index (κ1) is 16.2. The molecule has 2 rings (SSSR count). The van der Waals surface area contributed by atoms with E-state index < -0.39 is 0 Å². The molecule has 1 aliphatic rings. The van der Waals surface area contributed by atoms with Crippen molar-refractivity contribution in [3.05, 3.63) is 29.6 Å². The summed E-state index contributed by atoms with van der Waals surface area (Å²) in [6, 6.07) is 5.40. The second-order valence-electron chi connectivity index (χ2n) is 5.91. The zero-order chi connectivity index (χ0) is 15.1. The Labute approximate surface area is 127 Å². The van der Waals surface area contributed by atoms with Crippen molar-refractivity contribution in [2.75, 3.05) is 26.7 Å². The molecule has 0 aliphatic carbocycles. The van der Waals surface area contributed by atoms with E-state index in [1.165, 1.54) is 25.0 Å². The summed E-state index contributed by atoms with van der Waals surface area (Å²) in [5, 5.41) is 3.58. The van der Waals surface area contributed by atoms with Crippen LogP contribution in [0.5, 0.6) is 5.75 Å². The number of benzene rings is 1. The Balaban J connectivity index is 1.89. The van der Waals surface area contributed by atoms with Crippen molar-refractivity contribution in [3.63, 3.8) is 0 Å². The minimum Gasteiger partial charge on any atom is -0.493 e. The Kier molecular flexibility index (Phi) is 6.46. The fourth-order valence-electron chi connectivity index (χ4n) is 2.60. The first-order chi connectivity index (χ1) is 10.2. The molecule has 0 aromatic heterocycles. The van der Waals surface area contributed by atoms with Crippen LogP contribution in [-0.4, -0.2) is 37.7 Å². The summed E-state index contributed by atoms with van der Waals surface area (Å²) in [5.74, 6) is 0.452. The van der Waals surface area contributed by atoms with E-state index in [0.717, 1.165) is 38.0 Å². The molecule has 118 valence electrons.